The fourth-order valence-corrected chi connectivity index (χ4v) is 3.53. The Labute approximate surface area is 200 Å². The summed E-state index contributed by atoms with van der Waals surface area (Å²) in [7, 11) is 1.61. The molecule has 1 amide bonds. The van der Waals surface area contributed by atoms with Gasteiger partial charge in [0, 0.05) is 18.2 Å². The van der Waals surface area contributed by atoms with E-state index >= 15 is 0 Å². The highest BCUT2D eigenvalue weighted by atomic mass is 16.5. The first-order valence-electron chi connectivity index (χ1n) is 11.4. The monoisotopic (exact) mass is 463 g/mol. The van der Waals surface area contributed by atoms with Gasteiger partial charge in [-0.3, -0.25) is 9.59 Å². The van der Waals surface area contributed by atoms with E-state index in [1.165, 1.54) is 10.7 Å². The van der Waals surface area contributed by atoms with Gasteiger partial charge in [-0.2, -0.15) is 5.10 Å². The fraction of sp³-hybridized carbons (Fsp3) is 0.370. The van der Waals surface area contributed by atoms with E-state index in [0.29, 0.717) is 11.4 Å². The minimum atomic E-state index is -0.681. The van der Waals surface area contributed by atoms with Crippen LogP contribution in [0.25, 0.3) is 11.3 Å². The van der Waals surface area contributed by atoms with Crippen LogP contribution in [0.2, 0.25) is 0 Å². The number of nitrogens with one attached hydrogen (secondary N) is 1. The maximum absolute atomic E-state index is 12.6. The Balaban J connectivity index is 1.62. The van der Waals surface area contributed by atoms with E-state index in [2.05, 4.69) is 37.3 Å². The van der Waals surface area contributed by atoms with Crippen LogP contribution in [0, 0.1) is 6.92 Å². The summed E-state index contributed by atoms with van der Waals surface area (Å²) in [6.45, 7) is 10.6. The molecule has 3 rings (SSSR count). The number of benzene rings is 2. The number of aryl methyl sites for hydroxylation is 1. The second-order valence-electron chi connectivity index (χ2n) is 9.31. The van der Waals surface area contributed by atoms with Crippen molar-refractivity contribution in [1.29, 1.82) is 0 Å². The minimum Gasteiger partial charge on any atom is -0.497 e. The van der Waals surface area contributed by atoms with Crippen LogP contribution in [0.15, 0.2) is 59.4 Å². The SMILES string of the molecule is COc1ccc(-c2ccc(=O)n(CCNC(=O)C(C)Oc3ccc(C)cc3C(C)(C)C)n2)cc1. The second kappa shape index (κ2) is 10.5. The van der Waals surface area contributed by atoms with Crippen molar-refractivity contribution in [3.63, 3.8) is 0 Å². The van der Waals surface area contributed by atoms with Crippen LogP contribution < -0.4 is 20.3 Å². The van der Waals surface area contributed by atoms with E-state index < -0.39 is 6.10 Å². The number of rotatable bonds is 8. The molecule has 1 heterocycles. The molecule has 2 aromatic carbocycles. The molecule has 0 radical (unpaired) electrons. The topological polar surface area (TPSA) is 82.5 Å². The van der Waals surface area contributed by atoms with Gasteiger partial charge in [-0.05, 0) is 61.2 Å². The van der Waals surface area contributed by atoms with Gasteiger partial charge in [0.25, 0.3) is 11.5 Å². The van der Waals surface area contributed by atoms with Gasteiger partial charge in [-0.25, -0.2) is 4.68 Å². The van der Waals surface area contributed by atoms with Crippen molar-refractivity contribution < 1.29 is 14.3 Å². The number of carbonyl (C=O) groups is 1. The first-order chi connectivity index (χ1) is 16.1. The predicted octanol–water partition coefficient (Wildman–Crippen LogP) is 4.11. The van der Waals surface area contributed by atoms with Gasteiger partial charge in [-0.1, -0.05) is 38.5 Å². The Bertz CT molecular complexity index is 1190. The summed E-state index contributed by atoms with van der Waals surface area (Å²) in [5, 5.41) is 7.28. The van der Waals surface area contributed by atoms with Crippen LogP contribution in [-0.2, 0) is 16.8 Å². The summed E-state index contributed by atoms with van der Waals surface area (Å²) in [5.41, 5.74) is 3.39. The summed E-state index contributed by atoms with van der Waals surface area (Å²) in [6, 6.07) is 16.6. The third-order valence-corrected chi connectivity index (χ3v) is 5.49. The van der Waals surface area contributed by atoms with Crippen molar-refractivity contribution in [2.75, 3.05) is 13.7 Å². The van der Waals surface area contributed by atoms with Crippen LogP contribution in [-0.4, -0.2) is 35.4 Å². The highest BCUT2D eigenvalue weighted by Gasteiger charge is 2.22. The third-order valence-electron chi connectivity index (χ3n) is 5.49. The van der Waals surface area contributed by atoms with Crippen molar-refractivity contribution in [3.05, 3.63) is 76.1 Å². The number of amides is 1. The molecule has 7 nitrogen and oxygen atoms in total. The summed E-state index contributed by atoms with van der Waals surface area (Å²) in [6.07, 6.45) is -0.681. The molecule has 34 heavy (non-hydrogen) atoms. The lowest BCUT2D eigenvalue weighted by Crippen LogP contribution is -2.39. The molecule has 0 spiro atoms. The Morgan fingerprint density at radius 3 is 2.44 bits per heavy atom. The molecule has 7 heteroatoms. The third kappa shape index (κ3) is 6.25. The average Bonchev–Trinajstić information content (AvgIpc) is 2.80. The average molecular weight is 464 g/mol. The smallest absolute Gasteiger partial charge is 0.266 e. The summed E-state index contributed by atoms with van der Waals surface area (Å²) in [4.78, 5) is 24.9. The molecule has 0 saturated heterocycles. The fourth-order valence-electron chi connectivity index (χ4n) is 3.53. The molecule has 1 atom stereocenters. The van der Waals surface area contributed by atoms with Crippen molar-refractivity contribution >= 4 is 5.91 Å². The highest BCUT2D eigenvalue weighted by Crippen LogP contribution is 2.32. The van der Waals surface area contributed by atoms with E-state index in [9.17, 15) is 9.59 Å². The zero-order chi connectivity index (χ0) is 24.9. The minimum absolute atomic E-state index is 0.112. The van der Waals surface area contributed by atoms with Gasteiger partial charge in [0.05, 0.1) is 19.3 Å². The zero-order valence-electron chi connectivity index (χ0n) is 20.7. The molecular weight excluding hydrogens is 430 g/mol. The predicted molar refractivity (Wildman–Crippen MR) is 133 cm³/mol. The van der Waals surface area contributed by atoms with Gasteiger partial charge in [0.1, 0.15) is 11.5 Å². The van der Waals surface area contributed by atoms with Gasteiger partial charge in [0.2, 0.25) is 0 Å². The van der Waals surface area contributed by atoms with Crippen LogP contribution in [0.4, 0.5) is 0 Å². The number of carbonyl (C=O) groups excluding carboxylic acids is 1. The molecule has 180 valence electrons. The largest absolute Gasteiger partial charge is 0.497 e. The molecule has 1 unspecified atom stereocenters. The van der Waals surface area contributed by atoms with Gasteiger partial charge in [0.15, 0.2) is 6.10 Å². The van der Waals surface area contributed by atoms with Crippen molar-refractivity contribution in [3.8, 4) is 22.8 Å². The molecule has 1 N–H and O–H groups in total. The zero-order valence-corrected chi connectivity index (χ0v) is 20.7. The second-order valence-corrected chi connectivity index (χ2v) is 9.31. The maximum atomic E-state index is 12.6. The molecule has 0 aliphatic rings. The van der Waals surface area contributed by atoms with Crippen LogP contribution in [0.1, 0.15) is 38.8 Å². The van der Waals surface area contributed by atoms with E-state index in [4.69, 9.17) is 9.47 Å². The quantitative estimate of drug-likeness (QED) is 0.544. The molecule has 0 aliphatic heterocycles. The summed E-state index contributed by atoms with van der Waals surface area (Å²) < 4.78 is 12.5. The standard InChI is InChI=1S/C27H33N3O4/c1-18-7-13-24(22(17-18)27(3,4)5)34-19(2)26(32)28-15-16-30-25(31)14-12-23(29-30)20-8-10-21(33-6)11-9-20/h7-14,17,19H,15-16H2,1-6H3,(H,28,32). The number of methoxy groups -OCH3 is 1. The van der Waals surface area contributed by atoms with Gasteiger partial charge >= 0.3 is 0 Å². The molecule has 0 aliphatic carbocycles. The maximum Gasteiger partial charge on any atom is 0.266 e. The lowest BCUT2D eigenvalue weighted by atomic mass is 9.85. The Kier molecular flexibility index (Phi) is 7.76. The van der Waals surface area contributed by atoms with E-state index in [1.54, 1.807) is 20.1 Å². The van der Waals surface area contributed by atoms with E-state index in [0.717, 1.165) is 22.4 Å². The molecule has 3 aromatic rings. The summed E-state index contributed by atoms with van der Waals surface area (Å²) in [5.74, 6) is 1.20. The molecule has 0 saturated carbocycles. The Morgan fingerprint density at radius 2 is 1.79 bits per heavy atom. The summed E-state index contributed by atoms with van der Waals surface area (Å²) >= 11 is 0. The van der Waals surface area contributed by atoms with Crippen LogP contribution >= 0.6 is 0 Å². The van der Waals surface area contributed by atoms with E-state index in [-0.39, 0.29) is 30.0 Å². The number of nitrogens with zero attached hydrogens (tertiary/aromatic N) is 2. The molecular formula is C27H33N3O4. The van der Waals surface area contributed by atoms with Crippen LogP contribution in [0.3, 0.4) is 0 Å². The first kappa shape index (κ1) is 25.0. The van der Waals surface area contributed by atoms with Gasteiger partial charge < -0.3 is 14.8 Å². The van der Waals surface area contributed by atoms with Gasteiger partial charge in [-0.15, -0.1) is 0 Å². The number of aromatic nitrogens is 2. The lowest BCUT2D eigenvalue weighted by Gasteiger charge is -2.25. The Morgan fingerprint density at radius 1 is 1.09 bits per heavy atom. The number of hydrogen-bond acceptors (Lipinski definition) is 5. The van der Waals surface area contributed by atoms with Crippen LogP contribution in [0.5, 0.6) is 11.5 Å². The Hall–Kier alpha value is -3.61. The molecule has 0 bridgehead atoms. The lowest BCUT2D eigenvalue weighted by molar-refractivity contribution is -0.127. The highest BCUT2D eigenvalue weighted by molar-refractivity contribution is 5.80. The number of ether oxygens (including phenoxy) is 2. The van der Waals surface area contributed by atoms with Crippen molar-refractivity contribution in [2.45, 2.75) is 52.7 Å². The normalized spacial score (nSPS) is 12.2. The molecule has 1 aromatic heterocycles. The van der Waals surface area contributed by atoms with E-state index in [1.807, 2.05) is 43.3 Å². The number of hydrogen-bond donors (Lipinski definition) is 1. The molecule has 0 fully saturated rings. The van der Waals surface area contributed by atoms with Crippen molar-refractivity contribution in [1.82, 2.24) is 15.1 Å². The first-order valence-corrected chi connectivity index (χ1v) is 11.4. The van der Waals surface area contributed by atoms with Crippen molar-refractivity contribution in [2.24, 2.45) is 0 Å².